The average molecular weight is 312 g/mol. The monoisotopic (exact) mass is 311 g/mol. The number of nitrogens with one attached hydrogen (secondary N) is 2. The van der Waals surface area contributed by atoms with E-state index in [0.717, 1.165) is 24.1 Å². The van der Waals surface area contributed by atoms with Gasteiger partial charge in [0.2, 0.25) is 0 Å². The molecule has 1 aromatic rings. The quantitative estimate of drug-likeness (QED) is 0.839. The van der Waals surface area contributed by atoms with Gasteiger partial charge in [0.1, 0.15) is 4.62 Å². The minimum absolute atomic E-state index is 0.330. The van der Waals surface area contributed by atoms with Crippen molar-refractivity contribution >= 4 is 26.2 Å². The van der Waals surface area contributed by atoms with Gasteiger partial charge in [-0.15, -0.1) is 0 Å². The molecule has 1 saturated carbocycles. The molecule has 1 aromatic heterocycles. The zero-order valence-electron chi connectivity index (χ0n) is 9.78. The van der Waals surface area contributed by atoms with Crippen molar-refractivity contribution in [2.24, 2.45) is 0 Å². The van der Waals surface area contributed by atoms with Crippen LogP contribution in [0.3, 0.4) is 0 Å². The molecule has 0 radical (unpaired) electrons. The van der Waals surface area contributed by atoms with Gasteiger partial charge in [0.15, 0.2) is 5.79 Å². The summed E-state index contributed by atoms with van der Waals surface area (Å²) in [5.74, 6) is -0.341. The van der Waals surface area contributed by atoms with Crippen molar-refractivity contribution in [3.63, 3.8) is 0 Å². The van der Waals surface area contributed by atoms with Crippen molar-refractivity contribution in [2.45, 2.75) is 24.7 Å². The van der Waals surface area contributed by atoms with Gasteiger partial charge in [-0.3, -0.25) is 10.4 Å². The van der Waals surface area contributed by atoms with E-state index in [4.69, 9.17) is 14.9 Å². The summed E-state index contributed by atoms with van der Waals surface area (Å²) in [7, 11) is 0. The standard InChI is InChI=1S/C12H14BrN3O2/c13-11(14)9-7-15-2-1-10(9)16-8-5-12(6-8)17-3-4-18-12/h1-2,7-8,14H,3-6H2,(H,15,16). The Balaban J connectivity index is 1.66. The molecule has 2 fully saturated rings. The Bertz CT molecular complexity index is 466. The topological polar surface area (TPSA) is 67.2 Å². The Kier molecular flexibility index (Phi) is 3.09. The predicted molar refractivity (Wildman–Crippen MR) is 71.3 cm³/mol. The van der Waals surface area contributed by atoms with E-state index in [1.165, 1.54) is 0 Å². The summed E-state index contributed by atoms with van der Waals surface area (Å²) < 4.78 is 11.5. The van der Waals surface area contributed by atoms with Gasteiger partial charge in [-0.2, -0.15) is 0 Å². The molecule has 2 aliphatic rings. The highest BCUT2D eigenvalue weighted by Crippen LogP contribution is 2.41. The molecule has 2 N–H and O–H groups in total. The van der Waals surface area contributed by atoms with Crippen LogP contribution in [0.15, 0.2) is 18.5 Å². The molecule has 1 aliphatic heterocycles. The van der Waals surface area contributed by atoms with Gasteiger partial charge in [0.25, 0.3) is 0 Å². The van der Waals surface area contributed by atoms with Gasteiger partial charge in [0, 0.05) is 42.5 Å². The van der Waals surface area contributed by atoms with Crippen molar-refractivity contribution in [3.8, 4) is 0 Å². The van der Waals surface area contributed by atoms with Crippen LogP contribution in [0.2, 0.25) is 0 Å². The van der Waals surface area contributed by atoms with Crippen LogP contribution in [0, 0.1) is 5.41 Å². The molecule has 0 atom stereocenters. The summed E-state index contributed by atoms with van der Waals surface area (Å²) >= 11 is 3.18. The molecule has 2 heterocycles. The number of hydrogen-bond acceptors (Lipinski definition) is 5. The SMILES string of the molecule is N=C(Br)c1cnccc1NC1CC2(C1)OCCO2. The molecule has 0 aromatic carbocycles. The van der Waals surface area contributed by atoms with E-state index in [1.807, 2.05) is 6.07 Å². The van der Waals surface area contributed by atoms with Crippen LogP contribution in [0.4, 0.5) is 5.69 Å². The molecule has 0 bridgehead atoms. The van der Waals surface area contributed by atoms with Crippen LogP contribution in [0.25, 0.3) is 0 Å². The highest BCUT2D eigenvalue weighted by atomic mass is 79.9. The van der Waals surface area contributed by atoms with E-state index in [9.17, 15) is 0 Å². The summed E-state index contributed by atoms with van der Waals surface area (Å²) in [5, 5.41) is 11.1. The van der Waals surface area contributed by atoms with E-state index in [1.54, 1.807) is 12.4 Å². The maximum absolute atomic E-state index is 7.64. The molecule has 1 saturated heterocycles. The van der Waals surface area contributed by atoms with Crippen LogP contribution < -0.4 is 5.32 Å². The Labute approximate surface area is 114 Å². The predicted octanol–water partition coefficient (Wildman–Crippen LogP) is 2.12. The lowest BCUT2D eigenvalue weighted by Crippen LogP contribution is -2.51. The van der Waals surface area contributed by atoms with E-state index in [2.05, 4.69) is 26.2 Å². The number of halogens is 1. The third-order valence-electron chi connectivity index (χ3n) is 3.35. The minimum Gasteiger partial charge on any atom is -0.381 e. The van der Waals surface area contributed by atoms with Crippen LogP contribution in [-0.4, -0.2) is 34.6 Å². The number of rotatable bonds is 3. The van der Waals surface area contributed by atoms with Crippen molar-refractivity contribution < 1.29 is 9.47 Å². The lowest BCUT2D eigenvalue weighted by atomic mass is 9.85. The second-order valence-corrected chi connectivity index (χ2v) is 5.39. The molecular formula is C12H14BrN3O2. The summed E-state index contributed by atoms with van der Waals surface area (Å²) in [5.41, 5.74) is 1.69. The van der Waals surface area contributed by atoms with Crippen molar-refractivity contribution in [1.29, 1.82) is 5.41 Å². The number of hydrogen-bond donors (Lipinski definition) is 2. The van der Waals surface area contributed by atoms with Crippen molar-refractivity contribution in [3.05, 3.63) is 24.0 Å². The van der Waals surface area contributed by atoms with Gasteiger partial charge in [-0.1, -0.05) is 0 Å². The summed E-state index contributed by atoms with van der Waals surface area (Å²) in [6.45, 7) is 1.39. The van der Waals surface area contributed by atoms with Crippen LogP contribution in [0.1, 0.15) is 18.4 Å². The molecule has 1 aliphatic carbocycles. The minimum atomic E-state index is -0.341. The van der Waals surface area contributed by atoms with Crippen LogP contribution in [0.5, 0.6) is 0 Å². The first-order valence-electron chi connectivity index (χ1n) is 5.91. The van der Waals surface area contributed by atoms with E-state index < -0.39 is 0 Å². The molecule has 18 heavy (non-hydrogen) atoms. The van der Waals surface area contributed by atoms with E-state index >= 15 is 0 Å². The highest BCUT2D eigenvalue weighted by molar-refractivity contribution is 9.18. The fourth-order valence-electron chi connectivity index (χ4n) is 2.44. The molecule has 0 unspecified atom stereocenters. The van der Waals surface area contributed by atoms with E-state index in [-0.39, 0.29) is 5.79 Å². The number of pyridine rings is 1. The average Bonchev–Trinajstić information content (AvgIpc) is 2.78. The smallest absolute Gasteiger partial charge is 0.172 e. The Morgan fingerprint density at radius 1 is 1.44 bits per heavy atom. The highest BCUT2D eigenvalue weighted by Gasteiger charge is 2.49. The Morgan fingerprint density at radius 3 is 2.83 bits per heavy atom. The number of aromatic nitrogens is 1. The zero-order chi connectivity index (χ0) is 12.6. The van der Waals surface area contributed by atoms with Crippen molar-refractivity contribution in [2.75, 3.05) is 18.5 Å². The molecule has 96 valence electrons. The first-order chi connectivity index (χ1) is 8.69. The lowest BCUT2D eigenvalue weighted by Gasteiger charge is -2.43. The van der Waals surface area contributed by atoms with Gasteiger partial charge < -0.3 is 14.8 Å². The number of anilines is 1. The fraction of sp³-hybridized carbons (Fsp3) is 0.500. The molecule has 5 nitrogen and oxygen atoms in total. The first-order valence-corrected chi connectivity index (χ1v) is 6.71. The largest absolute Gasteiger partial charge is 0.381 e. The molecular weight excluding hydrogens is 298 g/mol. The van der Waals surface area contributed by atoms with Gasteiger partial charge in [-0.05, 0) is 22.0 Å². The third kappa shape index (κ3) is 2.15. The van der Waals surface area contributed by atoms with Crippen LogP contribution in [-0.2, 0) is 9.47 Å². The number of nitrogens with zero attached hydrogens (tertiary/aromatic N) is 1. The lowest BCUT2D eigenvalue weighted by molar-refractivity contribution is -0.210. The third-order valence-corrected chi connectivity index (χ3v) is 3.77. The Morgan fingerprint density at radius 2 is 2.17 bits per heavy atom. The second kappa shape index (κ2) is 4.60. The van der Waals surface area contributed by atoms with Crippen LogP contribution >= 0.6 is 15.9 Å². The molecule has 3 rings (SSSR count). The van der Waals surface area contributed by atoms with Gasteiger partial charge >= 0.3 is 0 Å². The summed E-state index contributed by atoms with van der Waals surface area (Å²) in [6, 6.07) is 2.21. The van der Waals surface area contributed by atoms with Gasteiger partial charge in [-0.25, -0.2) is 0 Å². The summed E-state index contributed by atoms with van der Waals surface area (Å²) in [4.78, 5) is 4.03. The number of ether oxygens (including phenoxy) is 2. The normalized spacial score (nSPS) is 21.8. The zero-order valence-corrected chi connectivity index (χ0v) is 11.4. The van der Waals surface area contributed by atoms with Gasteiger partial charge in [0.05, 0.1) is 13.2 Å². The molecule has 6 heteroatoms. The van der Waals surface area contributed by atoms with Crippen molar-refractivity contribution in [1.82, 2.24) is 4.98 Å². The molecule has 0 amide bonds. The maximum atomic E-state index is 7.64. The maximum Gasteiger partial charge on any atom is 0.172 e. The van der Waals surface area contributed by atoms with E-state index in [0.29, 0.717) is 23.9 Å². The molecule has 1 spiro atoms. The summed E-state index contributed by atoms with van der Waals surface area (Å²) in [6.07, 6.45) is 5.10. The fourth-order valence-corrected chi connectivity index (χ4v) is 2.76. The first kappa shape index (κ1) is 12.1. The Hall–Kier alpha value is -0.980. The second-order valence-electron chi connectivity index (χ2n) is 4.59.